The second kappa shape index (κ2) is 6.78. The van der Waals surface area contributed by atoms with Crippen LogP contribution < -0.4 is 15.4 Å². The zero-order valence-electron chi connectivity index (χ0n) is 13.7. The largest absolute Gasteiger partial charge is 0.495 e. The van der Waals surface area contributed by atoms with Crippen LogP contribution in [0.4, 0.5) is 5.69 Å². The standard InChI is InChI=1S/C19H14N2O3S2/c1-23-16-9-12-11-5-2-3-6-14(11)24-15(12)10-13(16)20-19(25)21-18(22)17-7-4-8-26-17/h2-10H,1H3,(H2,20,21,22,25). The first-order valence-corrected chi connectivity index (χ1v) is 9.09. The van der Waals surface area contributed by atoms with Crippen LogP contribution >= 0.6 is 23.6 Å². The Morgan fingerprint density at radius 1 is 1.12 bits per heavy atom. The molecule has 0 unspecified atom stereocenters. The van der Waals surface area contributed by atoms with Gasteiger partial charge in [0.1, 0.15) is 16.9 Å². The number of thiophene rings is 1. The fraction of sp³-hybridized carbons (Fsp3) is 0.0526. The lowest BCUT2D eigenvalue weighted by Gasteiger charge is -2.12. The molecule has 0 spiro atoms. The third-order valence-electron chi connectivity index (χ3n) is 3.92. The Hall–Kier alpha value is -2.90. The molecule has 26 heavy (non-hydrogen) atoms. The molecule has 0 atom stereocenters. The predicted octanol–water partition coefficient (Wildman–Crippen LogP) is 4.78. The van der Waals surface area contributed by atoms with Gasteiger partial charge in [-0.2, -0.15) is 0 Å². The van der Waals surface area contributed by atoms with Gasteiger partial charge in [0, 0.05) is 16.8 Å². The van der Waals surface area contributed by atoms with E-state index in [0.29, 0.717) is 21.9 Å². The molecule has 0 bridgehead atoms. The number of ether oxygens (including phenoxy) is 1. The number of para-hydroxylation sites is 1. The third kappa shape index (κ3) is 3.02. The number of carbonyl (C=O) groups is 1. The van der Waals surface area contributed by atoms with Gasteiger partial charge in [-0.1, -0.05) is 24.3 Å². The molecule has 0 aliphatic rings. The molecular formula is C19H14N2O3S2. The van der Waals surface area contributed by atoms with Crippen LogP contribution in [-0.4, -0.2) is 18.1 Å². The fourth-order valence-corrected chi connectivity index (χ4v) is 3.57. The summed E-state index contributed by atoms with van der Waals surface area (Å²) in [5, 5.41) is 9.67. The highest BCUT2D eigenvalue weighted by Gasteiger charge is 2.14. The smallest absolute Gasteiger partial charge is 0.267 e. The molecule has 5 nitrogen and oxygen atoms in total. The van der Waals surface area contributed by atoms with Gasteiger partial charge in [-0.05, 0) is 35.8 Å². The number of amides is 1. The van der Waals surface area contributed by atoms with E-state index in [1.165, 1.54) is 11.3 Å². The molecule has 130 valence electrons. The van der Waals surface area contributed by atoms with Gasteiger partial charge >= 0.3 is 0 Å². The van der Waals surface area contributed by atoms with Crippen molar-refractivity contribution >= 4 is 62.2 Å². The van der Waals surface area contributed by atoms with Gasteiger partial charge in [0.2, 0.25) is 0 Å². The van der Waals surface area contributed by atoms with Gasteiger partial charge in [-0.15, -0.1) is 11.3 Å². The van der Waals surface area contributed by atoms with Crippen LogP contribution in [0.2, 0.25) is 0 Å². The van der Waals surface area contributed by atoms with Crippen molar-refractivity contribution < 1.29 is 13.9 Å². The lowest BCUT2D eigenvalue weighted by atomic mass is 10.1. The zero-order valence-corrected chi connectivity index (χ0v) is 15.4. The number of hydrogen-bond donors (Lipinski definition) is 2. The van der Waals surface area contributed by atoms with Gasteiger partial charge in [0.15, 0.2) is 5.11 Å². The quantitative estimate of drug-likeness (QED) is 0.499. The van der Waals surface area contributed by atoms with Gasteiger partial charge in [-0.25, -0.2) is 0 Å². The molecule has 0 fully saturated rings. The molecule has 0 aliphatic carbocycles. The van der Waals surface area contributed by atoms with Crippen LogP contribution in [0.3, 0.4) is 0 Å². The molecular weight excluding hydrogens is 368 g/mol. The van der Waals surface area contributed by atoms with Crippen LogP contribution in [0.15, 0.2) is 58.3 Å². The summed E-state index contributed by atoms with van der Waals surface area (Å²) in [6, 6.07) is 15.1. The average Bonchev–Trinajstić information content (AvgIpc) is 3.28. The highest BCUT2D eigenvalue weighted by atomic mass is 32.1. The van der Waals surface area contributed by atoms with E-state index in [1.54, 1.807) is 13.2 Å². The predicted molar refractivity (Wildman–Crippen MR) is 108 cm³/mol. The molecule has 1 amide bonds. The third-order valence-corrected chi connectivity index (χ3v) is 4.99. The number of carbonyl (C=O) groups excluding carboxylic acids is 1. The molecule has 2 heterocycles. The molecule has 2 aromatic carbocycles. The van der Waals surface area contributed by atoms with Crippen LogP contribution in [0, 0.1) is 0 Å². The fourth-order valence-electron chi connectivity index (χ4n) is 2.74. The summed E-state index contributed by atoms with van der Waals surface area (Å²) in [5.74, 6) is 0.359. The number of furan rings is 1. The summed E-state index contributed by atoms with van der Waals surface area (Å²) in [6.07, 6.45) is 0. The topological polar surface area (TPSA) is 63.5 Å². The van der Waals surface area contributed by atoms with Gasteiger partial charge in [0.05, 0.1) is 17.7 Å². The summed E-state index contributed by atoms with van der Waals surface area (Å²) in [5.41, 5.74) is 2.13. The zero-order chi connectivity index (χ0) is 18.1. The molecule has 4 rings (SSSR count). The maximum atomic E-state index is 12.1. The second-order valence-electron chi connectivity index (χ2n) is 5.53. The van der Waals surface area contributed by atoms with Crippen molar-refractivity contribution in [1.29, 1.82) is 0 Å². The first-order chi connectivity index (χ1) is 12.7. The van der Waals surface area contributed by atoms with Crippen molar-refractivity contribution in [2.75, 3.05) is 12.4 Å². The number of anilines is 1. The molecule has 4 aromatic rings. The van der Waals surface area contributed by atoms with Crippen molar-refractivity contribution in [3.8, 4) is 5.75 Å². The summed E-state index contributed by atoms with van der Waals surface area (Å²) in [6.45, 7) is 0. The minimum Gasteiger partial charge on any atom is -0.495 e. The minimum absolute atomic E-state index is 0.192. The maximum absolute atomic E-state index is 12.1. The Morgan fingerprint density at radius 3 is 2.73 bits per heavy atom. The van der Waals surface area contributed by atoms with E-state index < -0.39 is 0 Å². The summed E-state index contributed by atoms with van der Waals surface area (Å²) < 4.78 is 11.4. The number of nitrogens with one attached hydrogen (secondary N) is 2. The van der Waals surface area contributed by atoms with Crippen LogP contribution in [0.5, 0.6) is 5.75 Å². The Morgan fingerprint density at radius 2 is 1.96 bits per heavy atom. The Kier molecular flexibility index (Phi) is 4.32. The first kappa shape index (κ1) is 16.6. The average molecular weight is 382 g/mol. The number of thiocarbonyl (C=S) groups is 1. The Bertz CT molecular complexity index is 1120. The molecule has 0 aliphatic heterocycles. The molecule has 2 aromatic heterocycles. The lowest BCUT2D eigenvalue weighted by molar-refractivity contribution is 0.0981. The van der Waals surface area contributed by atoms with E-state index >= 15 is 0 Å². The Labute approximate surface area is 158 Å². The van der Waals surface area contributed by atoms with E-state index in [4.69, 9.17) is 21.4 Å². The van der Waals surface area contributed by atoms with Crippen molar-refractivity contribution in [2.45, 2.75) is 0 Å². The second-order valence-corrected chi connectivity index (χ2v) is 6.89. The van der Waals surface area contributed by atoms with Crippen molar-refractivity contribution in [3.05, 3.63) is 58.8 Å². The number of fused-ring (bicyclic) bond motifs is 3. The summed E-state index contributed by atoms with van der Waals surface area (Å²) in [4.78, 5) is 12.7. The lowest BCUT2D eigenvalue weighted by Crippen LogP contribution is -2.33. The van der Waals surface area contributed by atoms with E-state index in [2.05, 4.69) is 10.6 Å². The number of benzene rings is 2. The summed E-state index contributed by atoms with van der Waals surface area (Å²) >= 11 is 6.61. The van der Waals surface area contributed by atoms with Crippen LogP contribution in [-0.2, 0) is 0 Å². The van der Waals surface area contributed by atoms with Gasteiger partial charge in [0.25, 0.3) is 5.91 Å². The SMILES string of the molecule is COc1cc2c(cc1NC(=S)NC(=O)c1cccs1)oc1ccccc12. The van der Waals surface area contributed by atoms with Crippen molar-refractivity contribution in [1.82, 2.24) is 5.32 Å². The highest BCUT2D eigenvalue weighted by Crippen LogP contribution is 2.36. The normalized spacial score (nSPS) is 10.8. The number of rotatable bonds is 3. The maximum Gasteiger partial charge on any atom is 0.267 e. The molecule has 0 radical (unpaired) electrons. The molecule has 0 saturated carbocycles. The number of hydrogen-bond acceptors (Lipinski definition) is 5. The van der Waals surface area contributed by atoms with Crippen LogP contribution in [0.25, 0.3) is 21.9 Å². The monoisotopic (exact) mass is 382 g/mol. The molecule has 0 saturated heterocycles. The van der Waals surface area contributed by atoms with E-state index in [9.17, 15) is 4.79 Å². The van der Waals surface area contributed by atoms with E-state index in [-0.39, 0.29) is 11.0 Å². The minimum atomic E-state index is -0.249. The Balaban J connectivity index is 1.64. The van der Waals surface area contributed by atoms with Gasteiger partial charge < -0.3 is 14.5 Å². The highest BCUT2D eigenvalue weighted by molar-refractivity contribution is 7.80. The number of methoxy groups -OCH3 is 1. The van der Waals surface area contributed by atoms with Crippen molar-refractivity contribution in [2.24, 2.45) is 0 Å². The van der Waals surface area contributed by atoms with E-state index in [0.717, 1.165) is 16.4 Å². The van der Waals surface area contributed by atoms with Gasteiger partial charge in [-0.3, -0.25) is 10.1 Å². The molecule has 7 heteroatoms. The molecule has 2 N–H and O–H groups in total. The van der Waals surface area contributed by atoms with Crippen LogP contribution in [0.1, 0.15) is 9.67 Å². The van der Waals surface area contributed by atoms with E-state index in [1.807, 2.05) is 47.8 Å². The summed E-state index contributed by atoms with van der Waals surface area (Å²) in [7, 11) is 1.59. The first-order valence-electron chi connectivity index (χ1n) is 7.81. The van der Waals surface area contributed by atoms with Crippen molar-refractivity contribution in [3.63, 3.8) is 0 Å².